The van der Waals surface area contributed by atoms with Gasteiger partial charge in [-0.05, 0) is 45.4 Å². The van der Waals surface area contributed by atoms with Gasteiger partial charge in [-0.3, -0.25) is 4.79 Å². The lowest BCUT2D eigenvalue weighted by atomic mass is 10.1. The topological polar surface area (TPSA) is 72.9 Å². The minimum Gasteiger partial charge on any atom is -0.369 e. The summed E-state index contributed by atoms with van der Waals surface area (Å²) >= 11 is 0. The molecule has 5 heteroatoms. The summed E-state index contributed by atoms with van der Waals surface area (Å²) in [6, 6.07) is 5.89. The van der Waals surface area contributed by atoms with E-state index in [2.05, 4.69) is 10.3 Å². The minimum absolute atomic E-state index is 0.0703. The molecule has 102 valence electrons. The first-order valence-electron chi connectivity index (χ1n) is 6.30. The third kappa shape index (κ3) is 3.05. The first kappa shape index (κ1) is 13.4. The molecule has 1 heterocycles. The second-order valence-electron chi connectivity index (χ2n) is 5.85. The Morgan fingerprint density at radius 3 is 2.74 bits per heavy atom. The van der Waals surface area contributed by atoms with E-state index in [1.807, 2.05) is 45.9 Å². The van der Waals surface area contributed by atoms with Gasteiger partial charge >= 0.3 is 0 Å². The van der Waals surface area contributed by atoms with Gasteiger partial charge in [0.05, 0.1) is 11.0 Å². The Balaban J connectivity index is 2.30. The minimum atomic E-state index is -0.251. The fourth-order valence-electron chi connectivity index (χ4n) is 2.03. The van der Waals surface area contributed by atoms with Crippen LogP contribution in [0.3, 0.4) is 0 Å². The molecule has 19 heavy (non-hydrogen) atoms. The average molecular weight is 260 g/mol. The van der Waals surface area contributed by atoms with Gasteiger partial charge < -0.3 is 15.6 Å². The van der Waals surface area contributed by atoms with Crippen LogP contribution in [0.15, 0.2) is 18.2 Å². The molecule has 0 bridgehead atoms. The number of imidazole rings is 1. The summed E-state index contributed by atoms with van der Waals surface area (Å²) in [4.78, 5) is 16.3. The molecule has 3 N–H and O–H groups in total. The number of nitrogen functional groups attached to an aromatic ring is 1. The third-order valence-corrected chi connectivity index (χ3v) is 2.75. The lowest BCUT2D eigenvalue weighted by Crippen LogP contribution is -2.42. The van der Waals surface area contributed by atoms with E-state index in [4.69, 9.17) is 5.73 Å². The molecular formula is C14H20N4O. The molecule has 1 aromatic heterocycles. The highest BCUT2D eigenvalue weighted by atomic mass is 16.2. The van der Waals surface area contributed by atoms with Gasteiger partial charge in [-0.25, -0.2) is 4.98 Å². The number of fused-ring (bicyclic) bond motifs is 1. The summed E-state index contributed by atoms with van der Waals surface area (Å²) in [6.45, 7) is 8.03. The fraction of sp³-hybridized carbons (Fsp3) is 0.429. The van der Waals surface area contributed by atoms with E-state index in [1.165, 1.54) is 0 Å². The zero-order chi connectivity index (χ0) is 14.2. The number of aryl methyl sites for hydroxylation is 1. The summed E-state index contributed by atoms with van der Waals surface area (Å²) in [5.41, 5.74) is 8.46. The Morgan fingerprint density at radius 2 is 2.11 bits per heavy atom. The van der Waals surface area contributed by atoms with E-state index in [0.29, 0.717) is 5.95 Å². The van der Waals surface area contributed by atoms with Gasteiger partial charge in [-0.15, -0.1) is 0 Å². The van der Waals surface area contributed by atoms with Crippen molar-refractivity contribution in [3.8, 4) is 0 Å². The molecule has 0 saturated carbocycles. The van der Waals surface area contributed by atoms with Crippen molar-refractivity contribution in [1.29, 1.82) is 0 Å². The fourth-order valence-corrected chi connectivity index (χ4v) is 2.03. The molecule has 0 unspecified atom stereocenters. The van der Waals surface area contributed by atoms with Crippen molar-refractivity contribution in [2.75, 3.05) is 5.73 Å². The largest absolute Gasteiger partial charge is 0.369 e. The van der Waals surface area contributed by atoms with Gasteiger partial charge in [-0.1, -0.05) is 6.07 Å². The first-order valence-corrected chi connectivity index (χ1v) is 6.30. The first-order chi connectivity index (χ1) is 8.76. The Kier molecular flexibility index (Phi) is 3.22. The summed E-state index contributed by atoms with van der Waals surface area (Å²) in [5, 5.41) is 2.92. The number of hydrogen-bond donors (Lipinski definition) is 2. The Hall–Kier alpha value is -2.04. The van der Waals surface area contributed by atoms with Crippen LogP contribution in [0.5, 0.6) is 0 Å². The highest BCUT2D eigenvalue weighted by Crippen LogP contribution is 2.19. The third-order valence-electron chi connectivity index (χ3n) is 2.75. The van der Waals surface area contributed by atoms with Crippen molar-refractivity contribution in [1.82, 2.24) is 14.9 Å². The van der Waals surface area contributed by atoms with E-state index >= 15 is 0 Å². The molecule has 1 amide bonds. The Morgan fingerprint density at radius 1 is 1.42 bits per heavy atom. The van der Waals surface area contributed by atoms with Crippen molar-refractivity contribution in [2.24, 2.45) is 0 Å². The molecule has 1 aromatic carbocycles. The SMILES string of the molecule is Cc1ccc2c(c1)nc(N)n2CC(=O)NC(C)(C)C. The van der Waals surface area contributed by atoms with Crippen molar-refractivity contribution in [2.45, 2.75) is 39.8 Å². The smallest absolute Gasteiger partial charge is 0.240 e. The van der Waals surface area contributed by atoms with Gasteiger partial charge in [-0.2, -0.15) is 0 Å². The Labute approximate surface area is 112 Å². The van der Waals surface area contributed by atoms with Crippen molar-refractivity contribution in [3.05, 3.63) is 23.8 Å². The molecule has 0 fully saturated rings. The van der Waals surface area contributed by atoms with Crippen LogP contribution in [0.25, 0.3) is 11.0 Å². The molecule has 2 aromatic rings. The standard InChI is InChI=1S/C14H20N4O/c1-9-5-6-11-10(7-9)16-13(15)18(11)8-12(19)17-14(2,3)4/h5-7H,8H2,1-4H3,(H2,15,16)(H,17,19). The quantitative estimate of drug-likeness (QED) is 0.865. The average Bonchev–Trinajstić information content (AvgIpc) is 2.51. The number of rotatable bonds is 2. The van der Waals surface area contributed by atoms with Crippen molar-refractivity contribution in [3.63, 3.8) is 0 Å². The lowest BCUT2D eigenvalue weighted by molar-refractivity contribution is -0.122. The van der Waals surface area contributed by atoms with Crippen molar-refractivity contribution >= 4 is 22.9 Å². The van der Waals surface area contributed by atoms with Crippen LogP contribution in [0.1, 0.15) is 26.3 Å². The zero-order valence-corrected chi connectivity index (χ0v) is 11.8. The highest BCUT2D eigenvalue weighted by molar-refractivity contribution is 5.83. The molecular weight excluding hydrogens is 240 g/mol. The molecule has 5 nitrogen and oxygen atoms in total. The number of hydrogen-bond acceptors (Lipinski definition) is 3. The number of amides is 1. The summed E-state index contributed by atoms with van der Waals surface area (Å²) in [5.74, 6) is 0.295. The number of nitrogens with zero attached hydrogens (tertiary/aromatic N) is 2. The van der Waals surface area contributed by atoms with E-state index in [9.17, 15) is 4.79 Å². The van der Waals surface area contributed by atoms with Gasteiger partial charge in [0, 0.05) is 5.54 Å². The van der Waals surface area contributed by atoms with E-state index < -0.39 is 0 Å². The highest BCUT2D eigenvalue weighted by Gasteiger charge is 2.16. The second-order valence-corrected chi connectivity index (χ2v) is 5.85. The van der Waals surface area contributed by atoms with Crippen LogP contribution in [0.2, 0.25) is 0 Å². The normalized spacial score (nSPS) is 11.8. The summed E-state index contributed by atoms with van der Waals surface area (Å²) in [6.07, 6.45) is 0. The zero-order valence-electron chi connectivity index (χ0n) is 11.8. The maximum atomic E-state index is 12.0. The monoisotopic (exact) mass is 260 g/mol. The molecule has 0 aliphatic carbocycles. The van der Waals surface area contributed by atoms with Crippen LogP contribution >= 0.6 is 0 Å². The van der Waals surface area contributed by atoms with Gasteiger partial charge in [0.25, 0.3) is 0 Å². The number of carbonyl (C=O) groups is 1. The predicted molar refractivity (Wildman–Crippen MR) is 76.8 cm³/mol. The number of benzene rings is 1. The summed E-state index contributed by atoms with van der Waals surface area (Å²) in [7, 11) is 0. The number of nitrogens with one attached hydrogen (secondary N) is 1. The van der Waals surface area contributed by atoms with Crippen LogP contribution in [0, 0.1) is 6.92 Å². The van der Waals surface area contributed by atoms with E-state index in [0.717, 1.165) is 16.6 Å². The van der Waals surface area contributed by atoms with Crippen LogP contribution < -0.4 is 11.1 Å². The Bertz CT molecular complexity index is 622. The van der Waals surface area contributed by atoms with Gasteiger partial charge in [0.1, 0.15) is 6.54 Å². The molecule has 2 rings (SSSR count). The second kappa shape index (κ2) is 4.57. The number of carbonyl (C=O) groups excluding carboxylic acids is 1. The maximum absolute atomic E-state index is 12.0. The van der Waals surface area contributed by atoms with Crippen LogP contribution in [-0.2, 0) is 11.3 Å². The molecule has 0 aliphatic rings. The molecule has 0 spiro atoms. The van der Waals surface area contributed by atoms with E-state index in [-0.39, 0.29) is 18.0 Å². The lowest BCUT2D eigenvalue weighted by Gasteiger charge is -2.20. The van der Waals surface area contributed by atoms with Gasteiger partial charge in [0.2, 0.25) is 11.9 Å². The molecule has 0 atom stereocenters. The number of aromatic nitrogens is 2. The predicted octanol–water partition coefficient (Wildman–Crippen LogP) is 1.84. The van der Waals surface area contributed by atoms with Gasteiger partial charge in [0.15, 0.2) is 0 Å². The number of nitrogens with two attached hydrogens (primary N) is 1. The van der Waals surface area contributed by atoms with Crippen molar-refractivity contribution < 1.29 is 4.79 Å². The van der Waals surface area contributed by atoms with E-state index in [1.54, 1.807) is 4.57 Å². The van der Waals surface area contributed by atoms with Crippen LogP contribution in [0.4, 0.5) is 5.95 Å². The van der Waals surface area contributed by atoms with Crippen LogP contribution in [-0.4, -0.2) is 21.0 Å². The molecule has 0 saturated heterocycles. The number of anilines is 1. The molecule has 0 aliphatic heterocycles. The summed E-state index contributed by atoms with van der Waals surface area (Å²) < 4.78 is 1.73. The maximum Gasteiger partial charge on any atom is 0.240 e. The molecule has 0 radical (unpaired) electrons.